The number of anilines is 1. The number of benzene rings is 2. The molecule has 2 atom stereocenters. The van der Waals surface area contributed by atoms with Crippen molar-refractivity contribution < 1.29 is 28.0 Å². The molecule has 2 aromatic carbocycles. The Morgan fingerprint density at radius 3 is 2.35 bits per heavy atom. The fourth-order valence-electron chi connectivity index (χ4n) is 4.34. The first-order chi connectivity index (χ1) is 19.3. The number of pyridine rings is 1. The highest BCUT2D eigenvalue weighted by Gasteiger charge is 2.45. The minimum absolute atomic E-state index is 0.117. The zero-order valence-electron chi connectivity index (χ0n) is 21.9. The van der Waals surface area contributed by atoms with Crippen molar-refractivity contribution in [3.8, 4) is 11.1 Å². The van der Waals surface area contributed by atoms with Gasteiger partial charge in [0.25, 0.3) is 0 Å². The topological polar surface area (TPSA) is 159 Å². The van der Waals surface area contributed by atoms with Crippen LogP contribution in [0, 0.1) is 0 Å². The lowest BCUT2D eigenvalue weighted by molar-refractivity contribution is -0.149. The number of aromatic nitrogens is 1. The second kappa shape index (κ2) is 13.5. The van der Waals surface area contributed by atoms with Gasteiger partial charge in [-0.1, -0.05) is 55.0 Å². The first-order valence-corrected chi connectivity index (χ1v) is 14.5. The Kier molecular flexibility index (Phi) is 9.83. The van der Waals surface area contributed by atoms with Crippen LogP contribution in [0.3, 0.4) is 0 Å². The van der Waals surface area contributed by atoms with Gasteiger partial charge in [0, 0.05) is 12.7 Å². The number of nitrogens with zero attached hydrogens (tertiary/aromatic N) is 1. The number of unbranched alkanes of at least 4 members (excludes halogenated alkanes) is 2. The van der Waals surface area contributed by atoms with Gasteiger partial charge in [-0.3, -0.25) is 4.79 Å². The van der Waals surface area contributed by atoms with Gasteiger partial charge in [0.1, 0.15) is 11.9 Å². The average molecular weight is 568 g/mol. The van der Waals surface area contributed by atoms with Gasteiger partial charge in [0.2, 0.25) is 21.6 Å². The molecule has 1 aliphatic heterocycles. The molecule has 1 fully saturated rings. The molecule has 0 aliphatic carbocycles. The zero-order valence-corrected chi connectivity index (χ0v) is 22.7. The number of nitrogens with one attached hydrogen (secondary N) is 4. The van der Waals surface area contributed by atoms with Crippen molar-refractivity contribution in [1.82, 2.24) is 20.5 Å². The van der Waals surface area contributed by atoms with E-state index in [0.717, 1.165) is 16.9 Å². The molecule has 1 amide bonds. The molecule has 3 aromatic rings. The second-order valence-corrected chi connectivity index (χ2v) is 11.1. The Labute approximate surface area is 233 Å². The van der Waals surface area contributed by atoms with Crippen LogP contribution in [0.15, 0.2) is 83.9 Å². The van der Waals surface area contributed by atoms with E-state index in [0.29, 0.717) is 32.2 Å². The molecule has 5 N–H and O–H groups in total. The van der Waals surface area contributed by atoms with Crippen molar-refractivity contribution in [3.05, 3.63) is 79.0 Å². The molecule has 40 heavy (non-hydrogen) atoms. The van der Waals surface area contributed by atoms with Crippen LogP contribution in [0.25, 0.3) is 11.1 Å². The van der Waals surface area contributed by atoms with Crippen molar-refractivity contribution in [2.75, 3.05) is 18.5 Å². The highest BCUT2D eigenvalue weighted by molar-refractivity contribution is 7.89. The van der Waals surface area contributed by atoms with Crippen molar-refractivity contribution in [3.63, 3.8) is 0 Å². The molecule has 2 unspecified atom stereocenters. The van der Waals surface area contributed by atoms with Crippen molar-refractivity contribution in [1.29, 1.82) is 0 Å². The Balaban J connectivity index is 1.47. The number of carboxylic acid groups (broad SMARTS) is 1. The predicted molar refractivity (Wildman–Crippen MR) is 149 cm³/mol. The lowest BCUT2D eigenvalue weighted by Gasteiger charge is -2.32. The summed E-state index contributed by atoms with van der Waals surface area (Å²) in [6, 6.07) is 20.3. The van der Waals surface area contributed by atoms with Crippen molar-refractivity contribution in [2.24, 2.45) is 0 Å². The zero-order chi connectivity index (χ0) is 28.4. The van der Waals surface area contributed by atoms with Gasteiger partial charge in [-0.2, -0.15) is 10.2 Å². The smallest absolute Gasteiger partial charge is 0.345 e. The molecule has 11 nitrogen and oxygen atoms in total. The third-order valence-electron chi connectivity index (χ3n) is 6.53. The number of carbonyl (C=O) groups excluding carboxylic acids is 1. The highest BCUT2D eigenvalue weighted by atomic mass is 32.2. The molecular formula is C28H33N5O6S. The second-order valence-electron chi connectivity index (χ2n) is 9.46. The molecule has 0 spiro atoms. The van der Waals surface area contributed by atoms with Gasteiger partial charge < -0.3 is 20.6 Å². The van der Waals surface area contributed by atoms with E-state index >= 15 is 0 Å². The van der Waals surface area contributed by atoms with E-state index in [2.05, 4.69) is 25.8 Å². The van der Waals surface area contributed by atoms with Crippen LogP contribution in [0.1, 0.15) is 32.1 Å². The van der Waals surface area contributed by atoms with Gasteiger partial charge >= 0.3 is 5.97 Å². The Bertz CT molecular complexity index is 1370. The van der Waals surface area contributed by atoms with E-state index in [1.54, 1.807) is 18.3 Å². The molecule has 1 aromatic heterocycles. The molecule has 1 saturated heterocycles. The SMILES string of the molecule is O=C(NC(CCCCCNc1ccccn1)(NS(=O)(=O)c1ccc(-c2ccccc2)cc1)C(=O)O)C1CCON1. The van der Waals surface area contributed by atoms with Crippen LogP contribution in [0.5, 0.6) is 0 Å². The van der Waals surface area contributed by atoms with Gasteiger partial charge in [0.15, 0.2) is 0 Å². The van der Waals surface area contributed by atoms with Crippen molar-refractivity contribution in [2.45, 2.75) is 48.7 Å². The molecule has 2 heterocycles. The number of amides is 1. The third-order valence-corrected chi connectivity index (χ3v) is 8.04. The summed E-state index contributed by atoms with van der Waals surface area (Å²) in [5.41, 5.74) is 2.00. The number of aliphatic carboxylic acids is 1. The summed E-state index contributed by atoms with van der Waals surface area (Å²) in [7, 11) is -4.33. The molecular weight excluding hydrogens is 534 g/mol. The number of carboxylic acids is 1. The van der Waals surface area contributed by atoms with Crippen LogP contribution in [0.4, 0.5) is 5.82 Å². The summed E-state index contributed by atoms with van der Waals surface area (Å²) in [6.07, 6.45) is 3.45. The number of sulfonamides is 1. The van der Waals surface area contributed by atoms with Crippen LogP contribution in [-0.2, 0) is 24.4 Å². The maximum atomic E-state index is 13.4. The molecule has 0 radical (unpaired) electrons. The van der Waals surface area contributed by atoms with Crippen LogP contribution >= 0.6 is 0 Å². The number of hydroxylamine groups is 1. The summed E-state index contributed by atoms with van der Waals surface area (Å²) < 4.78 is 29.1. The largest absolute Gasteiger partial charge is 0.478 e. The first-order valence-electron chi connectivity index (χ1n) is 13.1. The first kappa shape index (κ1) is 29.2. The predicted octanol–water partition coefficient (Wildman–Crippen LogP) is 2.89. The van der Waals surface area contributed by atoms with Gasteiger partial charge in [0.05, 0.1) is 11.5 Å². The summed E-state index contributed by atoms with van der Waals surface area (Å²) in [5, 5.41) is 15.9. The van der Waals surface area contributed by atoms with E-state index in [1.807, 2.05) is 48.5 Å². The lowest BCUT2D eigenvalue weighted by atomic mass is 10.0. The Morgan fingerprint density at radius 2 is 1.70 bits per heavy atom. The Morgan fingerprint density at radius 1 is 0.975 bits per heavy atom. The van der Waals surface area contributed by atoms with E-state index in [4.69, 9.17) is 4.84 Å². The lowest BCUT2D eigenvalue weighted by Crippen LogP contribution is -2.67. The molecule has 4 rings (SSSR count). The molecule has 1 aliphatic rings. The highest BCUT2D eigenvalue weighted by Crippen LogP contribution is 2.23. The fourth-order valence-corrected chi connectivity index (χ4v) is 5.65. The summed E-state index contributed by atoms with van der Waals surface area (Å²) in [6.45, 7) is 0.882. The fraction of sp³-hybridized carbons (Fsp3) is 0.321. The average Bonchev–Trinajstić information content (AvgIpc) is 3.51. The number of carbonyl (C=O) groups is 2. The molecule has 12 heteroatoms. The maximum absolute atomic E-state index is 13.4. The molecule has 0 saturated carbocycles. The minimum Gasteiger partial charge on any atom is -0.478 e. The van der Waals surface area contributed by atoms with Crippen LogP contribution in [0.2, 0.25) is 0 Å². The van der Waals surface area contributed by atoms with Crippen LogP contribution < -0.4 is 20.8 Å². The summed E-state index contributed by atoms with van der Waals surface area (Å²) >= 11 is 0. The Hall–Kier alpha value is -3.84. The summed E-state index contributed by atoms with van der Waals surface area (Å²) in [5.74, 6) is -1.44. The van der Waals surface area contributed by atoms with E-state index in [9.17, 15) is 23.1 Å². The molecule has 0 bridgehead atoms. The normalized spacial score (nSPS) is 16.6. The van der Waals surface area contributed by atoms with E-state index < -0.39 is 33.6 Å². The standard InChI is InChI=1S/C28H33N5O6S/c34-26(24-16-20-39-32-24)31-28(27(35)36,17-6-2-7-18-29-25-11-5-8-19-30-25)33-40(37,38)23-14-12-22(13-15-23)21-9-3-1-4-10-21/h1,3-5,8-15,19,24,32-33H,2,6-7,16-18,20H2,(H,29,30)(H,31,34)(H,35,36). The maximum Gasteiger partial charge on any atom is 0.345 e. The monoisotopic (exact) mass is 567 g/mol. The van der Waals surface area contributed by atoms with Gasteiger partial charge in [-0.05, 0) is 61.1 Å². The van der Waals surface area contributed by atoms with Gasteiger partial charge in [-0.15, -0.1) is 0 Å². The summed E-state index contributed by atoms with van der Waals surface area (Å²) in [4.78, 5) is 34.6. The number of hydrogen-bond donors (Lipinski definition) is 5. The van der Waals surface area contributed by atoms with Crippen LogP contribution in [-0.4, -0.2) is 55.2 Å². The minimum atomic E-state index is -4.33. The van der Waals surface area contributed by atoms with Gasteiger partial charge in [-0.25, -0.2) is 18.2 Å². The van der Waals surface area contributed by atoms with Crippen molar-refractivity contribution >= 4 is 27.7 Å². The number of rotatable bonds is 14. The quantitative estimate of drug-likeness (QED) is 0.146. The number of hydrogen-bond acceptors (Lipinski definition) is 8. The van der Waals surface area contributed by atoms with E-state index in [1.165, 1.54) is 12.1 Å². The third kappa shape index (κ3) is 7.63. The van der Waals surface area contributed by atoms with E-state index in [-0.39, 0.29) is 17.9 Å². The molecule has 212 valence electrons.